The minimum absolute atomic E-state index is 0.0342. The van der Waals surface area contributed by atoms with Crippen molar-refractivity contribution in [2.24, 2.45) is 0 Å². The molecule has 0 fully saturated rings. The van der Waals surface area contributed by atoms with Crippen molar-refractivity contribution in [3.8, 4) is 5.75 Å². The molecule has 2 aromatic carbocycles. The first-order valence-corrected chi connectivity index (χ1v) is 10.7. The summed E-state index contributed by atoms with van der Waals surface area (Å²) in [6, 6.07) is 14.4. The molecule has 1 aromatic heterocycles. The molecule has 0 spiro atoms. The van der Waals surface area contributed by atoms with Gasteiger partial charge in [0, 0.05) is 0 Å². The zero-order chi connectivity index (χ0) is 18.2. The summed E-state index contributed by atoms with van der Waals surface area (Å²) in [7, 11) is -4.06. The van der Waals surface area contributed by atoms with E-state index in [9.17, 15) is 13.5 Å². The highest BCUT2D eigenvalue weighted by Crippen LogP contribution is 2.46. The molecule has 25 heavy (non-hydrogen) atoms. The number of hydrogen-bond donors (Lipinski definition) is 1. The van der Waals surface area contributed by atoms with Gasteiger partial charge in [0.1, 0.15) is 19.3 Å². The van der Waals surface area contributed by atoms with E-state index in [0.717, 1.165) is 15.6 Å². The van der Waals surface area contributed by atoms with E-state index < -0.39 is 10.0 Å². The molecule has 0 aliphatic heterocycles. The number of rotatable bonds is 4. The number of halogens is 3. The quantitative estimate of drug-likeness (QED) is 0.496. The van der Waals surface area contributed by atoms with E-state index in [1.807, 2.05) is 0 Å². The number of thiophene rings is 1. The fraction of sp³-hybridized carbons (Fsp3) is 0. The Balaban J connectivity index is 2.26. The number of benzene rings is 2. The van der Waals surface area contributed by atoms with E-state index in [1.165, 1.54) is 24.3 Å². The normalized spacial score (nSPS) is 11.5. The lowest BCUT2D eigenvalue weighted by Crippen LogP contribution is -2.26. The van der Waals surface area contributed by atoms with Crippen LogP contribution in [0.5, 0.6) is 5.75 Å². The fourth-order valence-electron chi connectivity index (χ4n) is 2.23. The summed E-state index contributed by atoms with van der Waals surface area (Å²) in [6.07, 6.45) is 0. The van der Waals surface area contributed by atoms with E-state index in [1.54, 1.807) is 30.3 Å². The van der Waals surface area contributed by atoms with Gasteiger partial charge in [0.2, 0.25) is 0 Å². The van der Waals surface area contributed by atoms with Crippen molar-refractivity contribution in [1.82, 2.24) is 0 Å². The second-order valence-electron chi connectivity index (χ2n) is 4.91. The highest BCUT2D eigenvalue weighted by atomic mass is 79.9. The molecule has 0 unspecified atom stereocenters. The van der Waals surface area contributed by atoms with E-state index in [0.29, 0.717) is 11.4 Å². The average Bonchev–Trinajstić information content (AvgIpc) is 2.83. The van der Waals surface area contributed by atoms with Crippen LogP contribution in [0, 0.1) is 0 Å². The van der Waals surface area contributed by atoms with E-state index in [2.05, 4.69) is 15.9 Å². The first kappa shape index (κ1) is 18.5. The molecule has 0 radical (unpaired) electrons. The molecule has 0 amide bonds. The highest BCUT2D eigenvalue weighted by Gasteiger charge is 2.33. The summed E-state index contributed by atoms with van der Waals surface area (Å²) in [6.45, 7) is 0. The highest BCUT2D eigenvalue weighted by molar-refractivity contribution is 9.10. The van der Waals surface area contributed by atoms with Crippen molar-refractivity contribution < 1.29 is 13.5 Å². The Hall–Kier alpha value is -1.25. The van der Waals surface area contributed by atoms with Crippen LogP contribution in [-0.4, -0.2) is 13.5 Å². The van der Waals surface area contributed by atoms with Crippen molar-refractivity contribution >= 4 is 71.9 Å². The van der Waals surface area contributed by atoms with Crippen LogP contribution in [0.1, 0.15) is 0 Å². The SMILES string of the molecule is O=S(=O)(c1c(Cl)sc(Cl)c1Br)N(c1ccccc1)c1ccc(O)cc1. The number of phenolic OH excluding ortho intramolecular Hbond substituents is 1. The molecule has 4 nitrogen and oxygen atoms in total. The molecule has 0 aliphatic rings. The molecule has 1 N–H and O–H groups in total. The van der Waals surface area contributed by atoms with Gasteiger partial charge in [0.25, 0.3) is 10.0 Å². The molecule has 0 aliphatic carbocycles. The van der Waals surface area contributed by atoms with Gasteiger partial charge in [-0.25, -0.2) is 12.7 Å². The Kier molecular flexibility index (Phi) is 5.31. The Morgan fingerprint density at radius 3 is 2.00 bits per heavy atom. The average molecular weight is 479 g/mol. The van der Waals surface area contributed by atoms with Crippen LogP contribution >= 0.6 is 50.5 Å². The summed E-state index contributed by atoms with van der Waals surface area (Å²) in [5, 5.41) is 9.51. The van der Waals surface area contributed by atoms with Crippen molar-refractivity contribution in [2.75, 3.05) is 4.31 Å². The number of sulfonamides is 1. The molecule has 130 valence electrons. The molecule has 0 atom stereocenters. The molecule has 0 saturated heterocycles. The molecule has 0 saturated carbocycles. The fourth-order valence-corrected chi connectivity index (χ4v) is 7.21. The van der Waals surface area contributed by atoms with E-state index in [4.69, 9.17) is 23.2 Å². The van der Waals surface area contributed by atoms with Gasteiger partial charge in [0.15, 0.2) is 0 Å². The van der Waals surface area contributed by atoms with Gasteiger partial charge in [-0.1, -0.05) is 41.4 Å². The van der Waals surface area contributed by atoms with Crippen LogP contribution in [0.2, 0.25) is 8.67 Å². The lowest BCUT2D eigenvalue weighted by atomic mass is 10.2. The Bertz CT molecular complexity index is 1010. The van der Waals surface area contributed by atoms with Gasteiger partial charge in [-0.2, -0.15) is 0 Å². The third-order valence-corrected chi connectivity index (χ3v) is 8.52. The Morgan fingerprint density at radius 1 is 0.920 bits per heavy atom. The number of aromatic hydroxyl groups is 1. The molecular formula is C16H10BrCl2NO3S2. The molecular weight excluding hydrogens is 469 g/mol. The number of hydrogen-bond acceptors (Lipinski definition) is 4. The first-order valence-electron chi connectivity index (χ1n) is 6.85. The van der Waals surface area contributed by atoms with E-state index in [-0.39, 0.29) is 23.8 Å². The smallest absolute Gasteiger partial charge is 0.272 e. The number of anilines is 2. The summed E-state index contributed by atoms with van der Waals surface area (Å²) in [5.41, 5.74) is 0.785. The molecule has 9 heteroatoms. The lowest BCUT2D eigenvalue weighted by molar-refractivity contribution is 0.475. The summed E-state index contributed by atoms with van der Waals surface area (Å²) >= 11 is 16.3. The second kappa shape index (κ2) is 7.17. The minimum atomic E-state index is -4.06. The van der Waals surface area contributed by atoms with Crippen LogP contribution in [0.25, 0.3) is 0 Å². The summed E-state index contributed by atoms with van der Waals surface area (Å²) in [4.78, 5) is -0.0962. The standard InChI is InChI=1S/C16H10BrCl2NO3S2/c17-13-14(16(19)24-15(13)18)25(22,23)20(10-4-2-1-3-5-10)11-6-8-12(21)9-7-11/h1-9,21H. The van der Waals surface area contributed by atoms with Crippen LogP contribution in [0.4, 0.5) is 11.4 Å². The topological polar surface area (TPSA) is 57.6 Å². The monoisotopic (exact) mass is 477 g/mol. The van der Waals surface area contributed by atoms with Gasteiger partial charge in [-0.3, -0.25) is 0 Å². The van der Waals surface area contributed by atoms with Gasteiger partial charge in [0.05, 0.1) is 15.8 Å². The number of nitrogens with zero attached hydrogens (tertiary/aromatic N) is 1. The zero-order valence-electron chi connectivity index (χ0n) is 12.4. The molecule has 1 heterocycles. The van der Waals surface area contributed by atoms with Crippen LogP contribution in [-0.2, 0) is 10.0 Å². The molecule has 3 rings (SSSR count). The Morgan fingerprint density at radius 2 is 1.48 bits per heavy atom. The first-order chi connectivity index (χ1) is 11.8. The maximum atomic E-state index is 13.4. The Labute approximate surface area is 167 Å². The second-order valence-corrected chi connectivity index (χ2v) is 9.66. The number of phenols is 1. The van der Waals surface area contributed by atoms with Crippen molar-refractivity contribution in [2.45, 2.75) is 4.90 Å². The van der Waals surface area contributed by atoms with Gasteiger partial charge >= 0.3 is 0 Å². The zero-order valence-corrected chi connectivity index (χ0v) is 17.1. The maximum absolute atomic E-state index is 13.4. The van der Waals surface area contributed by atoms with Crippen LogP contribution in [0.3, 0.4) is 0 Å². The minimum Gasteiger partial charge on any atom is -0.508 e. The van der Waals surface area contributed by atoms with Crippen molar-refractivity contribution in [3.05, 3.63) is 67.7 Å². The van der Waals surface area contributed by atoms with Gasteiger partial charge in [-0.05, 0) is 52.3 Å². The van der Waals surface area contributed by atoms with Crippen molar-refractivity contribution in [1.29, 1.82) is 0 Å². The summed E-state index contributed by atoms with van der Waals surface area (Å²) < 4.78 is 28.4. The summed E-state index contributed by atoms with van der Waals surface area (Å²) in [5.74, 6) is 0.0342. The predicted molar refractivity (Wildman–Crippen MR) is 106 cm³/mol. The lowest BCUT2D eigenvalue weighted by Gasteiger charge is -2.24. The maximum Gasteiger partial charge on any atom is 0.272 e. The van der Waals surface area contributed by atoms with Crippen LogP contribution < -0.4 is 4.31 Å². The van der Waals surface area contributed by atoms with Crippen LogP contribution in [0.15, 0.2) is 64.0 Å². The third-order valence-electron chi connectivity index (χ3n) is 3.30. The largest absolute Gasteiger partial charge is 0.508 e. The third kappa shape index (κ3) is 3.52. The van der Waals surface area contributed by atoms with Gasteiger partial charge in [-0.15, -0.1) is 11.3 Å². The molecule has 3 aromatic rings. The van der Waals surface area contributed by atoms with Gasteiger partial charge < -0.3 is 5.11 Å². The number of para-hydroxylation sites is 1. The predicted octanol–water partition coefficient (Wildman–Crippen LogP) is 6.05. The molecule has 0 bridgehead atoms. The van der Waals surface area contributed by atoms with E-state index >= 15 is 0 Å². The van der Waals surface area contributed by atoms with Crippen molar-refractivity contribution in [3.63, 3.8) is 0 Å².